The fourth-order valence-electron chi connectivity index (χ4n) is 1.81. The number of hydrogen-bond donors (Lipinski definition) is 0. The maximum Gasteiger partial charge on any atom is 0.216 e. The van der Waals surface area contributed by atoms with Gasteiger partial charge in [-0.2, -0.15) is 4.57 Å². The molecule has 0 aliphatic carbocycles. The van der Waals surface area contributed by atoms with Gasteiger partial charge in [-0.25, -0.2) is 0 Å². The molecule has 1 aromatic carbocycles. The first kappa shape index (κ1) is 13.2. The number of aromatic nitrogens is 1. The topological polar surface area (TPSA) is 13.1 Å². The maximum atomic E-state index is 5.24. The van der Waals surface area contributed by atoms with Crippen LogP contribution >= 0.6 is 0 Å². The van der Waals surface area contributed by atoms with Crippen LogP contribution in [0.15, 0.2) is 36.5 Å². The predicted octanol–water partition coefficient (Wildman–Crippen LogP) is -0.450. The normalized spacial score (nSPS) is 9.88. The summed E-state index contributed by atoms with van der Waals surface area (Å²) in [5.74, 6) is 0.915. The third kappa shape index (κ3) is 2.64. The number of nitrogens with zero attached hydrogens (tertiary/aromatic N) is 1. The summed E-state index contributed by atoms with van der Waals surface area (Å²) in [6.07, 6.45) is 3.26. The Kier molecular flexibility index (Phi) is 4.99. The van der Waals surface area contributed by atoms with Gasteiger partial charge in [0.2, 0.25) is 5.52 Å². The minimum absolute atomic E-state index is 0. The van der Waals surface area contributed by atoms with E-state index in [2.05, 4.69) is 42.0 Å². The van der Waals surface area contributed by atoms with E-state index in [1.807, 2.05) is 6.07 Å². The Morgan fingerprint density at radius 1 is 1.25 bits per heavy atom. The van der Waals surface area contributed by atoms with E-state index in [1.54, 1.807) is 7.11 Å². The van der Waals surface area contributed by atoms with Crippen LogP contribution in [-0.2, 0) is 6.54 Å². The Balaban J connectivity index is 0.00000128. The minimum Gasteiger partial charge on any atom is -1.00 e. The summed E-state index contributed by atoms with van der Waals surface area (Å²) in [6.45, 7) is 3.23. The predicted molar refractivity (Wildman–Crippen MR) is 61.0 cm³/mol. The number of fused-ring (bicyclic) bond motifs is 1. The van der Waals surface area contributed by atoms with Crippen LogP contribution in [0, 0.1) is 0 Å². The molecule has 0 radical (unpaired) electrons. The Bertz CT molecular complexity index is 470. The van der Waals surface area contributed by atoms with Gasteiger partial charge in [0, 0.05) is 17.9 Å². The van der Waals surface area contributed by atoms with Crippen molar-refractivity contribution >= 4 is 10.9 Å². The van der Waals surface area contributed by atoms with Crippen LogP contribution in [0.25, 0.3) is 10.9 Å². The van der Waals surface area contributed by atoms with Gasteiger partial charge in [-0.1, -0.05) is 6.92 Å². The lowest BCUT2D eigenvalue weighted by atomic mass is 10.2. The average molecular weight is 329 g/mol. The molecule has 0 fully saturated rings. The molecule has 1 heterocycles. The molecule has 0 spiro atoms. The molecule has 2 nitrogen and oxygen atoms in total. The van der Waals surface area contributed by atoms with E-state index in [-0.39, 0.29) is 24.0 Å². The Morgan fingerprint density at radius 2 is 2.06 bits per heavy atom. The Labute approximate surface area is 113 Å². The lowest BCUT2D eigenvalue weighted by molar-refractivity contribution is -0.671. The lowest BCUT2D eigenvalue weighted by Gasteiger charge is -2.02. The van der Waals surface area contributed by atoms with Gasteiger partial charge in [0.1, 0.15) is 12.3 Å². The molecular weight excluding hydrogens is 313 g/mol. The second-order valence-corrected chi connectivity index (χ2v) is 3.63. The van der Waals surface area contributed by atoms with E-state index >= 15 is 0 Å². The summed E-state index contributed by atoms with van der Waals surface area (Å²) in [4.78, 5) is 0. The molecule has 0 saturated heterocycles. The summed E-state index contributed by atoms with van der Waals surface area (Å²) < 4.78 is 7.50. The quantitative estimate of drug-likeness (QED) is 0.549. The van der Waals surface area contributed by atoms with E-state index in [9.17, 15) is 0 Å². The van der Waals surface area contributed by atoms with Crippen LogP contribution in [0.3, 0.4) is 0 Å². The molecule has 0 bridgehead atoms. The van der Waals surface area contributed by atoms with Gasteiger partial charge in [0.15, 0.2) is 6.20 Å². The van der Waals surface area contributed by atoms with Crippen molar-refractivity contribution in [3.63, 3.8) is 0 Å². The molecule has 86 valence electrons. The highest BCUT2D eigenvalue weighted by molar-refractivity contribution is 5.76. The highest BCUT2D eigenvalue weighted by Gasteiger charge is 2.07. The van der Waals surface area contributed by atoms with Gasteiger partial charge in [-0.15, -0.1) is 0 Å². The first-order valence-corrected chi connectivity index (χ1v) is 5.31. The van der Waals surface area contributed by atoms with Crippen molar-refractivity contribution in [1.82, 2.24) is 0 Å². The second kappa shape index (κ2) is 6.03. The van der Waals surface area contributed by atoms with E-state index in [0.29, 0.717) is 0 Å². The number of ether oxygens (including phenoxy) is 1. The van der Waals surface area contributed by atoms with Crippen molar-refractivity contribution in [1.29, 1.82) is 0 Å². The van der Waals surface area contributed by atoms with Crippen LogP contribution in [0.2, 0.25) is 0 Å². The number of halogens is 1. The van der Waals surface area contributed by atoms with Crippen LogP contribution in [0.5, 0.6) is 5.75 Å². The number of pyridine rings is 1. The van der Waals surface area contributed by atoms with Crippen LogP contribution in [0.1, 0.15) is 13.3 Å². The first-order valence-electron chi connectivity index (χ1n) is 5.31. The zero-order chi connectivity index (χ0) is 10.7. The van der Waals surface area contributed by atoms with Gasteiger partial charge in [0.25, 0.3) is 0 Å². The number of aryl methyl sites for hydroxylation is 1. The fraction of sp³-hybridized carbons (Fsp3) is 0.308. The zero-order valence-electron chi connectivity index (χ0n) is 9.61. The van der Waals surface area contributed by atoms with Gasteiger partial charge < -0.3 is 28.7 Å². The summed E-state index contributed by atoms with van der Waals surface area (Å²) >= 11 is 0. The van der Waals surface area contributed by atoms with E-state index in [1.165, 1.54) is 10.9 Å². The second-order valence-electron chi connectivity index (χ2n) is 3.63. The molecule has 0 aliphatic rings. The van der Waals surface area contributed by atoms with Crippen molar-refractivity contribution < 1.29 is 33.3 Å². The molecule has 0 unspecified atom stereocenters. The molecule has 0 saturated carbocycles. The van der Waals surface area contributed by atoms with E-state index < -0.39 is 0 Å². The monoisotopic (exact) mass is 329 g/mol. The van der Waals surface area contributed by atoms with Crippen molar-refractivity contribution in [2.45, 2.75) is 19.9 Å². The average Bonchev–Trinajstić information content (AvgIpc) is 2.29. The molecular formula is C13H16INO. The fourth-order valence-corrected chi connectivity index (χ4v) is 1.81. The van der Waals surface area contributed by atoms with Crippen LogP contribution < -0.4 is 33.3 Å². The molecule has 0 N–H and O–H groups in total. The van der Waals surface area contributed by atoms with Crippen molar-refractivity contribution in [3.05, 3.63) is 36.5 Å². The summed E-state index contributed by atoms with van der Waals surface area (Å²) in [5, 5.41) is 1.26. The van der Waals surface area contributed by atoms with Gasteiger partial charge in [-0.3, -0.25) is 0 Å². The van der Waals surface area contributed by atoms with E-state index in [4.69, 9.17) is 4.74 Å². The van der Waals surface area contributed by atoms with Crippen molar-refractivity contribution in [3.8, 4) is 5.75 Å². The maximum absolute atomic E-state index is 5.24. The third-order valence-electron chi connectivity index (χ3n) is 2.55. The van der Waals surface area contributed by atoms with Crippen molar-refractivity contribution in [2.24, 2.45) is 0 Å². The lowest BCUT2D eigenvalue weighted by Crippen LogP contribution is -3.00. The molecule has 2 aromatic rings. The summed E-state index contributed by atoms with van der Waals surface area (Å²) in [5.41, 5.74) is 1.23. The number of methoxy groups -OCH3 is 1. The largest absolute Gasteiger partial charge is 1.00 e. The number of rotatable bonds is 3. The van der Waals surface area contributed by atoms with Gasteiger partial charge >= 0.3 is 0 Å². The molecule has 2 rings (SSSR count). The summed E-state index contributed by atoms with van der Waals surface area (Å²) in [6, 6.07) is 10.4. The molecule has 16 heavy (non-hydrogen) atoms. The molecule has 0 amide bonds. The van der Waals surface area contributed by atoms with E-state index in [0.717, 1.165) is 18.7 Å². The third-order valence-corrected chi connectivity index (χ3v) is 2.55. The van der Waals surface area contributed by atoms with Gasteiger partial charge in [-0.05, 0) is 18.2 Å². The Hall–Kier alpha value is -0.840. The smallest absolute Gasteiger partial charge is 0.216 e. The molecule has 1 aromatic heterocycles. The summed E-state index contributed by atoms with van der Waals surface area (Å²) in [7, 11) is 1.70. The molecule has 3 heteroatoms. The standard InChI is InChI=1S/C13H16NO.HI/c1-3-8-14-9-4-5-11-6-7-12(15-2)10-13(11)14;/h4-7,9-10H,3,8H2,1-2H3;1H/q+1;/p-1. The van der Waals surface area contributed by atoms with Crippen molar-refractivity contribution in [2.75, 3.05) is 7.11 Å². The Morgan fingerprint density at radius 3 is 2.75 bits per heavy atom. The zero-order valence-corrected chi connectivity index (χ0v) is 11.8. The van der Waals surface area contributed by atoms with Gasteiger partial charge in [0.05, 0.1) is 13.2 Å². The molecule has 0 atom stereocenters. The highest BCUT2D eigenvalue weighted by atomic mass is 127. The first-order chi connectivity index (χ1) is 7.35. The SMILES string of the molecule is CCC[n+]1cccc2ccc(OC)cc21.[I-]. The van der Waals surface area contributed by atoms with Crippen LogP contribution in [0.4, 0.5) is 0 Å². The van der Waals surface area contributed by atoms with Crippen LogP contribution in [-0.4, -0.2) is 7.11 Å². The molecule has 0 aliphatic heterocycles. The number of hydrogen-bond acceptors (Lipinski definition) is 1. The number of benzene rings is 1. The highest BCUT2D eigenvalue weighted by Crippen LogP contribution is 2.17. The minimum atomic E-state index is 0.